The van der Waals surface area contributed by atoms with Crippen LogP contribution in [0.15, 0.2) is 12.1 Å². The van der Waals surface area contributed by atoms with Gasteiger partial charge in [-0.05, 0) is 0 Å². The molecule has 0 saturated heterocycles. The quantitative estimate of drug-likeness (QED) is 0.819. The Kier molecular flexibility index (Phi) is 3.97. The van der Waals surface area contributed by atoms with E-state index < -0.39 is 23.1 Å². The first-order valence-electron chi connectivity index (χ1n) is 5.31. The first kappa shape index (κ1) is 14.4. The van der Waals surface area contributed by atoms with Crippen LogP contribution in [0.4, 0.5) is 13.2 Å². The smallest absolute Gasteiger partial charge is 0.161 e. The molecule has 0 radical (unpaired) electrons. The molecule has 0 fully saturated rings. The van der Waals surface area contributed by atoms with Crippen LogP contribution in [-0.2, 0) is 11.3 Å². The summed E-state index contributed by atoms with van der Waals surface area (Å²) in [6.45, 7) is -0.0269. The van der Waals surface area contributed by atoms with Crippen LogP contribution in [0.1, 0.15) is 11.3 Å². The summed E-state index contributed by atoms with van der Waals surface area (Å²) < 4.78 is 45.4. The number of benzene rings is 1. The first-order chi connectivity index (χ1) is 9.49. The predicted octanol–water partition coefficient (Wildman–Crippen LogP) is 2.96. The van der Waals surface area contributed by atoms with Crippen LogP contribution >= 0.6 is 11.6 Å². The fourth-order valence-electron chi connectivity index (χ4n) is 1.62. The fourth-order valence-corrected chi connectivity index (χ4v) is 1.90. The van der Waals surface area contributed by atoms with Crippen LogP contribution in [0.5, 0.6) is 0 Å². The van der Waals surface area contributed by atoms with Gasteiger partial charge in [-0.3, -0.25) is 0 Å². The molecule has 1 aromatic carbocycles. The Labute approximate surface area is 116 Å². The van der Waals surface area contributed by atoms with Gasteiger partial charge < -0.3 is 4.74 Å². The van der Waals surface area contributed by atoms with Crippen LogP contribution in [0, 0.1) is 28.8 Å². The molecule has 0 bridgehead atoms. The lowest BCUT2D eigenvalue weighted by atomic mass is 10.2. The minimum atomic E-state index is -1.33. The Balaban J connectivity index is 2.65. The number of ether oxygens (including phenoxy) is 1. The van der Waals surface area contributed by atoms with E-state index in [-0.39, 0.29) is 23.0 Å². The molecule has 0 aliphatic carbocycles. The maximum atomic E-state index is 13.7. The maximum absolute atomic E-state index is 13.7. The Bertz CT molecular complexity index is 709. The van der Waals surface area contributed by atoms with Gasteiger partial charge in [-0.15, -0.1) is 0 Å². The number of aromatic nitrogens is 2. The Morgan fingerprint density at radius 3 is 2.55 bits per heavy atom. The molecule has 0 aliphatic rings. The zero-order valence-corrected chi connectivity index (χ0v) is 10.9. The Morgan fingerprint density at radius 2 is 1.95 bits per heavy atom. The molecular formula is C12H7ClF3N3O. The number of nitrogens with zero attached hydrogens (tertiary/aromatic N) is 3. The normalized spacial score (nSPS) is 10.6. The van der Waals surface area contributed by atoms with E-state index in [0.29, 0.717) is 12.1 Å². The molecule has 8 heteroatoms. The van der Waals surface area contributed by atoms with Gasteiger partial charge in [0.1, 0.15) is 23.0 Å². The molecule has 0 spiro atoms. The average Bonchev–Trinajstić information content (AvgIpc) is 2.71. The lowest BCUT2D eigenvalue weighted by Crippen LogP contribution is -2.03. The third-order valence-corrected chi connectivity index (χ3v) is 2.86. The van der Waals surface area contributed by atoms with Crippen LogP contribution in [0.25, 0.3) is 5.69 Å². The second kappa shape index (κ2) is 5.53. The van der Waals surface area contributed by atoms with Crippen molar-refractivity contribution >= 4 is 11.6 Å². The molecule has 1 heterocycles. The van der Waals surface area contributed by atoms with Crippen molar-refractivity contribution in [1.82, 2.24) is 9.78 Å². The van der Waals surface area contributed by atoms with E-state index in [1.54, 1.807) is 6.07 Å². The van der Waals surface area contributed by atoms with Gasteiger partial charge in [0.15, 0.2) is 22.6 Å². The summed E-state index contributed by atoms with van der Waals surface area (Å²) in [5.41, 5.74) is -0.241. The number of rotatable bonds is 3. The molecule has 104 valence electrons. The van der Waals surface area contributed by atoms with Gasteiger partial charge in [0, 0.05) is 19.2 Å². The summed E-state index contributed by atoms with van der Waals surface area (Å²) in [4.78, 5) is 0. The highest BCUT2D eigenvalue weighted by molar-refractivity contribution is 6.31. The maximum Gasteiger partial charge on any atom is 0.161 e. The molecule has 0 saturated carbocycles. The van der Waals surface area contributed by atoms with E-state index in [2.05, 4.69) is 5.10 Å². The summed E-state index contributed by atoms with van der Waals surface area (Å²) >= 11 is 5.90. The second-order valence-electron chi connectivity index (χ2n) is 3.79. The van der Waals surface area contributed by atoms with Gasteiger partial charge >= 0.3 is 0 Å². The molecule has 20 heavy (non-hydrogen) atoms. The Morgan fingerprint density at radius 1 is 1.30 bits per heavy atom. The molecule has 0 unspecified atom stereocenters. The highest BCUT2D eigenvalue weighted by Crippen LogP contribution is 2.26. The standard InChI is InChI=1S/C12H7ClF3N3O/c1-20-5-10-6(4-17)12(13)19(18-10)11-3-8(15)7(14)2-9(11)16/h2-3H,5H2,1H3. The van der Waals surface area contributed by atoms with E-state index in [1.165, 1.54) is 7.11 Å². The van der Waals surface area contributed by atoms with Crippen molar-refractivity contribution in [2.45, 2.75) is 6.61 Å². The van der Waals surface area contributed by atoms with Crippen molar-refractivity contribution < 1.29 is 17.9 Å². The topological polar surface area (TPSA) is 50.8 Å². The number of hydrogen-bond donors (Lipinski definition) is 0. The van der Waals surface area contributed by atoms with Gasteiger partial charge in [-0.2, -0.15) is 10.4 Å². The molecule has 0 atom stereocenters. The Hall–Kier alpha value is -2.04. The highest BCUT2D eigenvalue weighted by Gasteiger charge is 2.20. The summed E-state index contributed by atoms with van der Waals surface area (Å²) in [6.07, 6.45) is 0. The summed E-state index contributed by atoms with van der Waals surface area (Å²) in [5, 5.41) is 12.7. The third kappa shape index (κ3) is 2.35. The van der Waals surface area contributed by atoms with Crippen molar-refractivity contribution in [3.63, 3.8) is 0 Å². The molecule has 0 aliphatic heterocycles. The second-order valence-corrected chi connectivity index (χ2v) is 4.14. The fraction of sp³-hybridized carbons (Fsp3) is 0.167. The van der Waals surface area contributed by atoms with E-state index >= 15 is 0 Å². The van der Waals surface area contributed by atoms with Crippen molar-refractivity contribution in [2.24, 2.45) is 0 Å². The SMILES string of the molecule is COCc1nn(-c2cc(F)c(F)cc2F)c(Cl)c1C#N. The molecular weight excluding hydrogens is 295 g/mol. The zero-order valence-electron chi connectivity index (χ0n) is 10.1. The third-order valence-electron chi connectivity index (χ3n) is 2.51. The first-order valence-corrected chi connectivity index (χ1v) is 5.68. The van der Waals surface area contributed by atoms with E-state index in [4.69, 9.17) is 21.6 Å². The zero-order chi connectivity index (χ0) is 14.9. The number of halogens is 4. The van der Waals surface area contributed by atoms with Crippen molar-refractivity contribution in [2.75, 3.05) is 7.11 Å². The van der Waals surface area contributed by atoms with Gasteiger partial charge in [0.25, 0.3) is 0 Å². The molecule has 1 aromatic heterocycles. The summed E-state index contributed by atoms with van der Waals surface area (Å²) in [7, 11) is 1.38. The minimum Gasteiger partial charge on any atom is -0.378 e. The van der Waals surface area contributed by atoms with Crippen LogP contribution in [-0.4, -0.2) is 16.9 Å². The van der Waals surface area contributed by atoms with Gasteiger partial charge in [0.2, 0.25) is 0 Å². The highest BCUT2D eigenvalue weighted by atomic mass is 35.5. The monoisotopic (exact) mass is 301 g/mol. The van der Waals surface area contributed by atoms with E-state index in [0.717, 1.165) is 4.68 Å². The molecule has 0 N–H and O–H groups in total. The van der Waals surface area contributed by atoms with Crippen molar-refractivity contribution in [3.8, 4) is 11.8 Å². The molecule has 2 aromatic rings. The van der Waals surface area contributed by atoms with Crippen LogP contribution in [0.3, 0.4) is 0 Å². The van der Waals surface area contributed by atoms with Gasteiger partial charge in [-0.1, -0.05) is 11.6 Å². The van der Waals surface area contributed by atoms with Crippen molar-refractivity contribution in [3.05, 3.63) is 46.0 Å². The van der Waals surface area contributed by atoms with Crippen LogP contribution in [0.2, 0.25) is 5.15 Å². The average molecular weight is 302 g/mol. The largest absolute Gasteiger partial charge is 0.378 e. The minimum absolute atomic E-state index is 0.0161. The van der Waals surface area contributed by atoms with Crippen LogP contribution < -0.4 is 0 Å². The lowest BCUT2D eigenvalue weighted by Gasteiger charge is -2.05. The molecule has 2 rings (SSSR count). The molecule has 4 nitrogen and oxygen atoms in total. The van der Waals surface area contributed by atoms with Crippen molar-refractivity contribution in [1.29, 1.82) is 5.26 Å². The summed E-state index contributed by atoms with van der Waals surface area (Å²) in [6, 6.07) is 2.79. The van der Waals surface area contributed by atoms with Gasteiger partial charge in [-0.25, -0.2) is 17.9 Å². The van der Waals surface area contributed by atoms with E-state index in [9.17, 15) is 13.2 Å². The lowest BCUT2D eigenvalue weighted by molar-refractivity contribution is 0.181. The number of methoxy groups -OCH3 is 1. The number of hydrogen-bond acceptors (Lipinski definition) is 3. The van der Waals surface area contributed by atoms with E-state index in [1.807, 2.05) is 0 Å². The number of nitriles is 1. The predicted molar refractivity (Wildman–Crippen MR) is 63.9 cm³/mol. The van der Waals surface area contributed by atoms with Gasteiger partial charge in [0.05, 0.1) is 6.61 Å². The summed E-state index contributed by atoms with van der Waals surface area (Å²) in [5.74, 6) is -3.63. The molecule has 0 amide bonds.